The molecule has 3 saturated carbocycles. The molecule has 0 unspecified atom stereocenters. The van der Waals surface area contributed by atoms with Crippen molar-refractivity contribution in [2.75, 3.05) is 0 Å². The molecule has 0 spiro atoms. The molecule has 3 fully saturated rings. The third-order valence-corrected chi connectivity index (χ3v) is 8.26. The van der Waals surface area contributed by atoms with E-state index in [2.05, 4.69) is 19.9 Å². The largest absolute Gasteiger partial charge is 0.462 e. The van der Waals surface area contributed by atoms with Crippen LogP contribution in [0.1, 0.15) is 65.7 Å². The van der Waals surface area contributed by atoms with Crippen molar-refractivity contribution in [2.45, 2.75) is 71.8 Å². The van der Waals surface area contributed by atoms with Gasteiger partial charge in [0.25, 0.3) is 0 Å². The summed E-state index contributed by atoms with van der Waals surface area (Å²) in [7, 11) is 0. The number of ketones is 1. The first-order valence-electron chi connectivity index (χ1n) is 9.74. The summed E-state index contributed by atoms with van der Waals surface area (Å²) < 4.78 is 5.71. The monoisotopic (exact) mass is 330 g/mol. The van der Waals surface area contributed by atoms with Crippen LogP contribution in [0.3, 0.4) is 0 Å². The van der Waals surface area contributed by atoms with Crippen LogP contribution in [0, 0.1) is 34.5 Å². The van der Waals surface area contributed by atoms with E-state index in [1.54, 1.807) is 6.92 Å². The van der Waals surface area contributed by atoms with Gasteiger partial charge in [-0.05, 0) is 73.7 Å². The summed E-state index contributed by atoms with van der Waals surface area (Å²) in [4.78, 5) is 23.4. The maximum Gasteiger partial charge on any atom is 0.302 e. The Labute approximate surface area is 145 Å². The summed E-state index contributed by atoms with van der Waals surface area (Å²) in [5.74, 6) is 2.80. The Bertz CT molecular complexity index is 594. The SMILES string of the molecule is CC(=O)O[C@@H]1CC[C@@H]2[C@H]3CC[C@H]4CC(=O)C=C[C@]4(C)[C@@H]3CC[C@@]21C. The molecule has 0 bridgehead atoms. The van der Waals surface area contributed by atoms with Gasteiger partial charge >= 0.3 is 5.97 Å². The number of allylic oxidation sites excluding steroid dienone is 2. The van der Waals surface area contributed by atoms with Gasteiger partial charge in [0, 0.05) is 18.8 Å². The fourth-order valence-electron chi connectivity index (χ4n) is 6.98. The summed E-state index contributed by atoms with van der Waals surface area (Å²) in [5, 5.41) is 0. The van der Waals surface area contributed by atoms with Crippen molar-refractivity contribution >= 4 is 11.8 Å². The molecule has 4 rings (SSSR count). The van der Waals surface area contributed by atoms with E-state index in [9.17, 15) is 9.59 Å². The van der Waals surface area contributed by atoms with Crippen molar-refractivity contribution in [3.05, 3.63) is 12.2 Å². The molecule has 7 atom stereocenters. The van der Waals surface area contributed by atoms with Crippen LogP contribution in [0.4, 0.5) is 0 Å². The fraction of sp³-hybridized carbons (Fsp3) is 0.810. The van der Waals surface area contributed by atoms with Gasteiger partial charge < -0.3 is 4.74 Å². The molecule has 0 radical (unpaired) electrons. The molecule has 24 heavy (non-hydrogen) atoms. The van der Waals surface area contributed by atoms with E-state index < -0.39 is 0 Å². The lowest BCUT2D eigenvalue weighted by molar-refractivity contribution is -0.158. The molecule has 0 N–H and O–H groups in total. The van der Waals surface area contributed by atoms with Crippen molar-refractivity contribution in [3.63, 3.8) is 0 Å². The van der Waals surface area contributed by atoms with Gasteiger partial charge in [0.15, 0.2) is 5.78 Å². The Kier molecular flexibility index (Phi) is 3.71. The first-order chi connectivity index (χ1) is 11.3. The Morgan fingerprint density at radius 1 is 1.12 bits per heavy atom. The van der Waals surface area contributed by atoms with Crippen LogP contribution in [-0.4, -0.2) is 17.9 Å². The highest BCUT2D eigenvalue weighted by Crippen LogP contribution is 2.65. The second-order valence-electron chi connectivity index (χ2n) is 9.24. The highest BCUT2D eigenvalue weighted by molar-refractivity contribution is 5.91. The van der Waals surface area contributed by atoms with Gasteiger partial charge in [0.05, 0.1) is 0 Å². The highest BCUT2D eigenvalue weighted by Gasteiger charge is 2.60. The van der Waals surface area contributed by atoms with E-state index in [4.69, 9.17) is 4.74 Å². The fourth-order valence-corrected chi connectivity index (χ4v) is 6.98. The van der Waals surface area contributed by atoms with E-state index >= 15 is 0 Å². The van der Waals surface area contributed by atoms with Crippen LogP contribution in [-0.2, 0) is 14.3 Å². The minimum atomic E-state index is -0.131. The summed E-state index contributed by atoms with van der Waals surface area (Å²) in [6.07, 6.45) is 12.0. The lowest BCUT2D eigenvalue weighted by Gasteiger charge is -2.58. The first kappa shape index (κ1) is 16.4. The average Bonchev–Trinajstić information content (AvgIpc) is 2.84. The van der Waals surface area contributed by atoms with Gasteiger partial charge in [0.1, 0.15) is 6.10 Å². The Balaban J connectivity index is 1.62. The van der Waals surface area contributed by atoms with Crippen LogP contribution >= 0.6 is 0 Å². The molecule has 3 heteroatoms. The second-order valence-corrected chi connectivity index (χ2v) is 9.24. The summed E-state index contributed by atoms with van der Waals surface area (Å²) >= 11 is 0. The van der Waals surface area contributed by atoms with Crippen LogP contribution in [0.2, 0.25) is 0 Å². The molecule has 4 aliphatic rings. The van der Waals surface area contributed by atoms with Crippen molar-refractivity contribution in [2.24, 2.45) is 34.5 Å². The predicted molar refractivity (Wildman–Crippen MR) is 92.2 cm³/mol. The molecule has 132 valence electrons. The maximum atomic E-state index is 11.9. The predicted octanol–water partition coefficient (Wildman–Crippen LogP) is 4.31. The zero-order valence-electron chi connectivity index (χ0n) is 15.2. The molecule has 0 aromatic rings. The topological polar surface area (TPSA) is 43.4 Å². The quantitative estimate of drug-likeness (QED) is 0.673. The van der Waals surface area contributed by atoms with E-state index in [1.165, 1.54) is 25.7 Å². The zero-order valence-corrected chi connectivity index (χ0v) is 15.2. The standard InChI is InChI=1S/C21H30O3/c1-13(22)24-19-7-6-17-16-5-4-14-12-15(23)8-10-20(14,2)18(16)9-11-21(17,19)3/h8,10,14,16-19H,4-7,9,11-12H2,1-3H3/t14-,16+,17+,18+,19+,20-,21-/m0/s1. The van der Waals surface area contributed by atoms with Crippen molar-refractivity contribution in [3.8, 4) is 0 Å². The molecule has 0 amide bonds. The molecule has 0 aromatic carbocycles. The molecule has 0 aliphatic heterocycles. The van der Waals surface area contributed by atoms with Gasteiger partial charge in [-0.25, -0.2) is 0 Å². The maximum absolute atomic E-state index is 11.9. The van der Waals surface area contributed by atoms with E-state index in [1.807, 2.05) is 6.08 Å². The highest BCUT2D eigenvalue weighted by atomic mass is 16.5. The smallest absolute Gasteiger partial charge is 0.302 e. The molecular weight excluding hydrogens is 300 g/mol. The molecule has 0 aromatic heterocycles. The Morgan fingerprint density at radius 3 is 2.67 bits per heavy atom. The molecule has 3 nitrogen and oxygen atoms in total. The van der Waals surface area contributed by atoms with E-state index in [0.717, 1.165) is 25.2 Å². The van der Waals surface area contributed by atoms with Gasteiger partial charge in [0.2, 0.25) is 0 Å². The van der Waals surface area contributed by atoms with Crippen molar-refractivity contribution < 1.29 is 14.3 Å². The Hall–Kier alpha value is -1.12. The normalized spacial score (nSPS) is 50.0. The molecule has 0 saturated heterocycles. The minimum Gasteiger partial charge on any atom is -0.462 e. The lowest BCUT2D eigenvalue weighted by Crippen LogP contribution is -2.53. The van der Waals surface area contributed by atoms with Crippen molar-refractivity contribution in [1.82, 2.24) is 0 Å². The number of fused-ring (bicyclic) bond motifs is 5. The van der Waals surface area contributed by atoms with Crippen LogP contribution in [0.5, 0.6) is 0 Å². The Morgan fingerprint density at radius 2 is 1.92 bits per heavy atom. The number of ether oxygens (including phenoxy) is 1. The first-order valence-corrected chi connectivity index (χ1v) is 9.74. The van der Waals surface area contributed by atoms with Gasteiger partial charge in [-0.15, -0.1) is 0 Å². The van der Waals surface area contributed by atoms with Gasteiger partial charge in [-0.3, -0.25) is 9.59 Å². The minimum absolute atomic E-state index is 0.106. The molecule has 4 aliphatic carbocycles. The number of carbonyl (C=O) groups excluding carboxylic acids is 2. The van der Waals surface area contributed by atoms with E-state index in [0.29, 0.717) is 23.5 Å². The zero-order chi connectivity index (χ0) is 17.1. The summed E-state index contributed by atoms with van der Waals surface area (Å²) in [6.45, 7) is 6.31. The summed E-state index contributed by atoms with van der Waals surface area (Å²) in [6, 6.07) is 0. The molecular formula is C21H30O3. The number of hydrogen-bond acceptors (Lipinski definition) is 3. The number of hydrogen-bond donors (Lipinski definition) is 0. The second kappa shape index (κ2) is 5.44. The molecule has 0 heterocycles. The third kappa shape index (κ3) is 2.23. The van der Waals surface area contributed by atoms with Gasteiger partial charge in [-0.2, -0.15) is 0 Å². The average molecular weight is 330 g/mol. The van der Waals surface area contributed by atoms with E-state index in [-0.39, 0.29) is 22.9 Å². The van der Waals surface area contributed by atoms with Crippen molar-refractivity contribution in [1.29, 1.82) is 0 Å². The van der Waals surface area contributed by atoms with Crippen LogP contribution < -0.4 is 0 Å². The number of carbonyl (C=O) groups is 2. The lowest BCUT2D eigenvalue weighted by atomic mass is 9.46. The van der Waals surface area contributed by atoms with Gasteiger partial charge in [-0.1, -0.05) is 19.9 Å². The number of esters is 1. The number of rotatable bonds is 1. The third-order valence-electron chi connectivity index (χ3n) is 8.26. The van der Waals surface area contributed by atoms with Crippen LogP contribution in [0.25, 0.3) is 0 Å². The van der Waals surface area contributed by atoms with Crippen LogP contribution in [0.15, 0.2) is 12.2 Å². The summed E-state index contributed by atoms with van der Waals surface area (Å²) in [5.41, 5.74) is 0.349.